The van der Waals surface area contributed by atoms with Crippen LogP contribution in [0.15, 0.2) is 54.9 Å². The summed E-state index contributed by atoms with van der Waals surface area (Å²) in [5.41, 5.74) is 2.05. The van der Waals surface area contributed by atoms with Gasteiger partial charge in [-0.15, -0.1) is 0 Å². The number of hydrogen-bond donors (Lipinski definition) is 1. The van der Waals surface area contributed by atoms with E-state index in [4.69, 9.17) is 0 Å². The fourth-order valence-electron chi connectivity index (χ4n) is 1.54. The summed E-state index contributed by atoms with van der Waals surface area (Å²) >= 11 is 0. The van der Waals surface area contributed by atoms with Gasteiger partial charge in [0, 0.05) is 18.8 Å². The third-order valence-electron chi connectivity index (χ3n) is 2.36. The van der Waals surface area contributed by atoms with Crippen LogP contribution in [0.5, 0.6) is 0 Å². The fraction of sp³-hybridized carbons (Fsp3) is 0.154. The van der Waals surface area contributed by atoms with E-state index in [-0.39, 0.29) is 0 Å². The Hall–Kier alpha value is -1.67. The minimum Gasteiger partial charge on any atom is -0.388 e. The summed E-state index contributed by atoms with van der Waals surface area (Å²) in [6, 6.07) is 13.7. The van der Waals surface area contributed by atoms with Crippen LogP contribution in [0.25, 0.3) is 0 Å². The lowest BCUT2D eigenvalue weighted by molar-refractivity contribution is 0.178. The molecule has 2 aromatic rings. The van der Waals surface area contributed by atoms with E-state index in [1.807, 2.05) is 42.5 Å². The van der Waals surface area contributed by atoms with Crippen molar-refractivity contribution in [3.05, 3.63) is 66.0 Å². The van der Waals surface area contributed by atoms with Crippen molar-refractivity contribution in [3.63, 3.8) is 0 Å². The Balaban J connectivity index is 2.08. The summed E-state index contributed by atoms with van der Waals surface area (Å²) in [6.07, 6.45) is 3.59. The van der Waals surface area contributed by atoms with Gasteiger partial charge in [0.2, 0.25) is 0 Å². The van der Waals surface area contributed by atoms with E-state index < -0.39 is 6.10 Å². The van der Waals surface area contributed by atoms with Gasteiger partial charge in [-0.05, 0) is 23.3 Å². The SMILES string of the molecule is OC(Cc1ccccc1)c1ccncc1. The molecule has 2 rings (SSSR count). The zero-order chi connectivity index (χ0) is 10.5. The molecule has 1 heterocycles. The molecule has 1 aromatic heterocycles. The molecule has 0 fully saturated rings. The number of aliphatic hydroxyl groups excluding tert-OH is 1. The summed E-state index contributed by atoms with van der Waals surface area (Å²) in [5.74, 6) is 0. The minimum atomic E-state index is -0.449. The first kappa shape index (κ1) is 9.87. The molecule has 0 amide bonds. The Morgan fingerprint density at radius 2 is 1.67 bits per heavy atom. The molecule has 0 saturated carbocycles. The van der Waals surface area contributed by atoms with E-state index in [2.05, 4.69) is 4.98 Å². The third kappa shape index (κ3) is 2.64. The van der Waals surface area contributed by atoms with Gasteiger partial charge in [0.25, 0.3) is 0 Å². The molecule has 1 aromatic carbocycles. The van der Waals surface area contributed by atoms with E-state index in [9.17, 15) is 5.11 Å². The highest BCUT2D eigenvalue weighted by molar-refractivity contribution is 5.20. The summed E-state index contributed by atoms with van der Waals surface area (Å²) in [5, 5.41) is 9.95. The first-order valence-electron chi connectivity index (χ1n) is 4.98. The van der Waals surface area contributed by atoms with Gasteiger partial charge >= 0.3 is 0 Å². The highest BCUT2D eigenvalue weighted by atomic mass is 16.3. The van der Waals surface area contributed by atoms with Gasteiger partial charge in [-0.25, -0.2) is 0 Å². The Morgan fingerprint density at radius 3 is 2.33 bits per heavy atom. The Bertz CT molecular complexity index is 399. The molecule has 76 valence electrons. The van der Waals surface area contributed by atoms with E-state index in [1.54, 1.807) is 12.4 Å². The van der Waals surface area contributed by atoms with Gasteiger partial charge in [-0.1, -0.05) is 30.3 Å². The van der Waals surface area contributed by atoms with Crippen LogP contribution in [0.4, 0.5) is 0 Å². The third-order valence-corrected chi connectivity index (χ3v) is 2.36. The molecule has 1 atom stereocenters. The van der Waals surface area contributed by atoms with Crippen molar-refractivity contribution in [1.29, 1.82) is 0 Å². The molecule has 0 bridgehead atoms. The number of aromatic nitrogens is 1. The minimum absolute atomic E-state index is 0.449. The maximum absolute atomic E-state index is 9.95. The van der Waals surface area contributed by atoms with Gasteiger partial charge < -0.3 is 5.11 Å². The summed E-state index contributed by atoms with van der Waals surface area (Å²) in [6.45, 7) is 0. The van der Waals surface area contributed by atoms with Gasteiger partial charge in [-0.3, -0.25) is 4.98 Å². The lowest BCUT2D eigenvalue weighted by Gasteiger charge is -2.10. The molecule has 1 unspecified atom stereocenters. The topological polar surface area (TPSA) is 33.1 Å². The average Bonchev–Trinajstić information content (AvgIpc) is 2.31. The van der Waals surface area contributed by atoms with Gasteiger partial charge in [0.1, 0.15) is 0 Å². The molecule has 2 heteroatoms. The summed E-state index contributed by atoms with van der Waals surface area (Å²) in [7, 11) is 0. The number of pyridine rings is 1. The molecular weight excluding hydrogens is 186 g/mol. The zero-order valence-electron chi connectivity index (χ0n) is 8.38. The van der Waals surface area contributed by atoms with E-state index in [1.165, 1.54) is 0 Å². The first-order valence-corrected chi connectivity index (χ1v) is 4.98. The quantitative estimate of drug-likeness (QED) is 0.823. The van der Waals surface area contributed by atoms with Crippen molar-refractivity contribution in [2.45, 2.75) is 12.5 Å². The van der Waals surface area contributed by atoms with Crippen LogP contribution in [0, 0.1) is 0 Å². The van der Waals surface area contributed by atoms with Crippen LogP contribution in [-0.4, -0.2) is 10.1 Å². The maximum atomic E-state index is 9.95. The van der Waals surface area contributed by atoms with Crippen molar-refractivity contribution in [2.75, 3.05) is 0 Å². The van der Waals surface area contributed by atoms with Crippen LogP contribution in [0.2, 0.25) is 0 Å². The number of hydrogen-bond acceptors (Lipinski definition) is 2. The number of nitrogens with zero attached hydrogens (tertiary/aromatic N) is 1. The van der Waals surface area contributed by atoms with Crippen molar-refractivity contribution < 1.29 is 5.11 Å². The second-order valence-corrected chi connectivity index (χ2v) is 3.49. The Kier molecular flexibility index (Phi) is 3.10. The molecule has 15 heavy (non-hydrogen) atoms. The lowest BCUT2D eigenvalue weighted by atomic mass is 10.0. The lowest BCUT2D eigenvalue weighted by Crippen LogP contribution is -2.01. The average molecular weight is 199 g/mol. The van der Waals surface area contributed by atoms with Crippen LogP contribution < -0.4 is 0 Å². The molecule has 0 aliphatic carbocycles. The number of aliphatic hydroxyl groups is 1. The van der Waals surface area contributed by atoms with Crippen LogP contribution >= 0.6 is 0 Å². The molecule has 1 N–H and O–H groups in total. The molecule has 2 nitrogen and oxygen atoms in total. The standard InChI is InChI=1S/C13H13NO/c15-13(12-6-8-14-9-7-12)10-11-4-2-1-3-5-11/h1-9,13,15H,10H2. The van der Waals surface area contributed by atoms with Gasteiger partial charge in [0.15, 0.2) is 0 Å². The monoisotopic (exact) mass is 199 g/mol. The second kappa shape index (κ2) is 4.71. The molecule has 0 saturated heterocycles. The van der Waals surface area contributed by atoms with Gasteiger partial charge in [-0.2, -0.15) is 0 Å². The second-order valence-electron chi connectivity index (χ2n) is 3.49. The number of benzene rings is 1. The highest BCUT2D eigenvalue weighted by Crippen LogP contribution is 2.16. The fourth-order valence-corrected chi connectivity index (χ4v) is 1.54. The van der Waals surface area contributed by atoms with Crippen molar-refractivity contribution in [1.82, 2.24) is 4.98 Å². The first-order chi connectivity index (χ1) is 7.36. The summed E-state index contributed by atoms with van der Waals surface area (Å²) < 4.78 is 0. The van der Waals surface area contributed by atoms with Crippen molar-refractivity contribution in [3.8, 4) is 0 Å². The van der Waals surface area contributed by atoms with Crippen molar-refractivity contribution >= 4 is 0 Å². The van der Waals surface area contributed by atoms with Crippen molar-refractivity contribution in [2.24, 2.45) is 0 Å². The molecule has 0 radical (unpaired) electrons. The molecular formula is C13H13NO. The predicted octanol–water partition coefficient (Wildman–Crippen LogP) is 2.36. The zero-order valence-corrected chi connectivity index (χ0v) is 8.38. The largest absolute Gasteiger partial charge is 0.388 e. The Labute approximate surface area is 89.2 Å². The van der Waals surface area contributed by atoms with Gasteiger partial charge in [0.05, 0.1) is 6.10 Å². The van der Waals surface area contributed by atoms with E-state index >= 15 is 0 Å². The number of rotatable bonds is 3. The molecule has 0 aliphatic heterocycles. The molecule has 0 spiro atoms. The summed E-state index contributed by atoms with van der Waals surface area (Å²) in [4.78, 5) is 3.92. The predicted molar refractivity (Wildman–Crippen MR) is 59.3 cm³/mol. The van der Waals surface area contributed by atoms with Crippen LogP contribution in [0.3, 0.4) is 0 Å². The molecule has 0 aliphatic rings. The smallest absolute Gasteiger partial charge is 0.0831 e. The maximum Gasteiger partial charge on any atom is 0.0831 e. The van der Waals surface area contributed by atoms with E-state index in [0.29, 0.717) is 6.42 Å². The highest BCUT2D eigenvalue weighted by Gasteiger charge is 2.07. The normalized spacial score (nSPS) is 12.3. The Morgan fingerprint density at radius 1 is 1.00 bits per heavy atom. The van der Waals surface area contributed by atoms with Crippen LogP contribution in [-0.2, 0) is 6.42 Å². The van der Waals surface area contributed by atoms with Crippen LogP contribution in [0.1, 0.15) is 17.2 Å². The van der Waals surface area contributed by atoms with E-state index in [0.717, 1.165) is 11.1 Å².